The van der Waals surface area contributed by atoms with Crippen LogP contribution in [0.25, 0.3) is 0 Å². The van der Waals surface area contributed by atoms with Crippen LogP contribution in [0, 0.1) is 11.3 Å². The van der Waals surface area contributed by atoms with Crippen molar-refractivity contribution in [2.45, 2.75) is 18.6 Å². The van der Waals surface area contributed by atoms with Crippen LogP contribution in [0.1, 0.15) is 12.5 Å². The zero-order valence-electron chi connectivity index (χ0n) is 10.9. The molecule has 2 rings (SSSR count). The number of nitriles is 1. The van der Waals surface area contributed by atoms with Crippen LogP contribution in [-0.4, -0.2) is 16.9 Å². The number of carbonyl (C=O) groups is 2. The second-order valence-electron chi connectivity index (χ2n) is 4.41. The van der Waals surface area contributed by atoms with E-state index in [4.69, 9.17) is 28.5 Å². The third-order valence-corrected chi connectivity index (χ3v) is 4.70. The van der Waals surface area contributed by atoms with Crippen LogP contribution in [-0.2, 0) is 16.0 Å². The van der Waals surface area contributed by atoms with Crippen LogP contribution >= 0.6 is 35.0 Å². The van der Waals surface area contributed by atoms with Crippen LogP contribution in [0.4, 0.5) is 0 Å². The zero-order valence-corrected chi connectivity index (χ0v) is 13.3. The van der Waals surface area contributed by atoms with Gasteiger partial charge in [0.2, 0.25) is 5.91 Å². The summed E-state index contributed by atoms with van der Waals surface area (Å²) in [4.78, 5) is 23.3. The summed E-state index contributed by atoms with van der Waals surface area (Å²) < 4.78 is 0. The number of hydrogen-bond acceptors (Lipinski definition) is 4. The van der Waals surface area contributed by atoms with E-state index in [-0.39, 0.29) is 17.3 Å². The van der Waals surface area contributed by atoms with Crippen LogP contribution < -0.4 is 5.32 Å². The Balaban J connectivity index is 2.24. The minimum Gasteiger partial charge on any atom is -0.318 e. The molecule has 0 bridgehead atoms. The fourth-order valence-electron chi connectivity index (χ4n) is 1.86. The molecular weight excluding hydrogens is 331 g/mol. The van der Waals surface area contributed by atoms with E-state index in [9.17, 15) is 9.59 Å². The molecular formula is C14H10Cl2N2O2S. The summed E-state index contributed by atoms with van der Waals surface area (Å²) in [5.74, 6) is -0.623. The number of carbonyl (C=O) groups excluding carboxylic acids is 2. The van der Waals surface area contributed by atoms with E-state index < -0.39 is 5.25 Å². The Morgan fingerprint density at radius 3 is 2.81 bits per heavy atom. The second-order valence-corrected chi connectivity index (χ2v) is 6.46. The number of halogens is 2. The predicted octanol–water partition coefficient (Wildman–Crippen LogP) is 3.09. The van der Waals surface area contributed by atoms with Crippen LogP contribution in [0.5, 0.6) is 0 Å². The Morgan fingerprint density at radius 2 is 2.19 bits per heavy atom. The van der Waals surface area contributed by atoms with E-state index in [1.165, 1.54) is 6.92 Å². The van der Waals surface area contributed by atoms with Gasteiger partial charge in [-0.05, 0) is 37.1 Å². The Hall–Kier alpha value is -1.48. The first kappa shape index (κ1) is 15.9. The number of Topliss-reactive ketones (excluding diaryl/α,β-unsaturated/α-hetero) is 1. The third-order valence-electron chi connectivity index (χ3n) is 2.89. The molecule has 21 heavy (non-hydrogen) atoms. The van der Waals surface area contributed by atoms with Crippen molar-refractivity contribution in [1.29, 1.82) is 5.26 Å². The van der Waals surface area contributed by atoms with E-state index in [0.29, 0.717) is 21.5 Å². The second kappa shape index (κ2) is 6.52. The van der Waals surface area contributed by atoms with E-state index in [1.807, 2.05) is 6.07 Å². The molecule has 1 amide bonds. The highest BCUT2D eigenvalue weighted by molar-refractivity contribution is 8.04. The standard InChI is InChI=1S/C14H10Cl2N2O2S/c1-7(19)10(6-17)14-18-13(20)12(21-14)5-8-4-9(15)2-3-11(8)16/h2-4,12H,5H2,1H3,(H,18,20)/b14-10-/t12-/m0/s1. The van der Waals surface area contributed by atoms with Crippen molar-refractivity contribution in [3.63, 3.8) is 0 Å². The average molecular weight is 341 g/mol. The lowest BCUT2D eigenvalue weighted by atomic mass is 10.1. The molecule has 0 unspecified atom stereocenters. The van der Waals surface area contributed by atoms with E-state index >= 15 is 0 Å². The largest absolute Gasteiger partial charge is 0.318 e. The minimum atomic E-state index is -0.446. The zero-order chi connectivity index (χ0) is 15.6. The summed E-state index contributed by atoms with van der Waals surface area (Å²) in [6.07, 6.45) is 0.371. The quantitative estimate of drug-likeness (QED) is 0.678. The number of nitrogens with zero attached hydrogens (tertiary/aromatic N) is 1. The Kier molecular flexibility index (Phi) is 4.94. The molecule has 1 aliphatic heterocycles. The number of benzene rings is 1. The lowest BCUT2D eigenvalue weighted by Crippen LogP contribution is -2.24. The van der Waals surface area contributed by atoms with Gasteiger partial charge in [-0.3, -0.25) is 9.59 Å². The third kappa shape index (κ3) is 3.59. The summed E-state index contributed by atoms with van der Waals surface area (Å²) in [5.41, 5.74) is 0.715. The molecule has 1 N–H and O–H groups in total. The molecule has 1 fully saturated rings. The smallest absolute Gasteiger partial charge is 0.238 e. The summed E-state index contributed by atoms with van der Waals surface area (Å²) in [6.45, 7) is 1.29. The van der Waals surface area contributed by atoms with Crippen molar-refractivity contribution in [2.75, 3.05) is 0 Å². The molecule has 1 aromatic carbocycles. The lowest BCUT2D eigenvalue weighted by molar-refractivity contribution is -0.119. The Labute approximate surface area is 136 Å². The summed E-state index contributed by atoms with van der Waals surface area (Å²) in [5, 5.41) is 12.5. The van der Waals surface area contributed by atoms with Crippen LogP contribution in [0.15, 0.2) is 28.8 Å². The predicted molar refractivity (Wildman–Crippen MR) is 83.0 cm³/mol. The first-order valence-corrected chi connectivity index (χ1v) is 7.62. The van der Waals surface area contributed by atoms with Gasteiger partial charge in [-0.2, -0.15) is 5.26 Å². The monoisotopic (exact) mass is 340 g/mol. The van der Waals surface area contributed by atoms with Gasteiger partial charge in [0, 0.05) is 10.0 Å². The molecule has 0 aromatic heterocycles. The van der Waals surface area contributed by atoms with Crippen LogP contribution in [0.2, 0.25) is 10.0 Å². The van der Waals surface area contributed by atoms with Gasteiger partial charge < -0.3 is 5.32 Å². The average Bonchev–Trinajstić information content (AvgIpc) is 2.75. The lowest BCUT2D eigenvalue weighted by Gasteiger charge is -2.08. The highest BCUT2D eigenvalue weighted by Crippen LogP contribution is 2.33. The SMILES string of the molecule is CC(=O)/C(C#N)=C1/NC(=O)[C@H](Cc2cc(Cl)ccc2Cl)S1. The summed E-state index contributed by atoms with van der Waals surface area (Å²) in [6, 6.07) is 6.86. The van der Waals surface area contributed by atoms with Gasteiger partial charge in [0.1, 0.15) is 11.6 Å². The van der Waals surface area contributed by atoms with Gasteiger partial charge in [0.15, 0.2) is 5.78 Å². The number of amides is 1. The molecule has 1 heterocycles. The van der Waals surface area contributed by atoms with Crippen molar-refractivity contribution >= 4 is 46.7 Å². The number of thioether (sulfide) groups is 1. The maximum atomic E-state index is 12.0. The molecule has 1 aromatic rings. The van der Waals surface area contributed by atoms with E-state index in [0.717, 1.165) is 17.3 Å². The van der Waals surface area contributed by atoms with Crippen LogP contribution in [0.3, 0.4) is 0 Å². The molecule has 1 atom stereocenters. The molecule has 0 radical (unpaired) electrons. The molecule has 4 nitrogen and oxygen atoms in total. The first-order valence-electron chi connectivity index (χ1n) is 5.99. The Bertz CT molecular complexity index is 695. The highest BCUT2D eigenvalue weighted by atomic mass is 35.5. The molecule has 1 aliphatic rings. The van der Waals surface area contributed by atoms with E-state index in [1.54, 1.807) is 18.2 Å². The van der Waals surface area contributed by atoms with Gasteiger partial charge in [-0.1, -0.05) is 35.0 Å². The maximum absolute atomic E-state index is 12.0. The Morgan fingerprint density at radius 1 is 1.48 bits per heavy atom. The topological polar surface area (TPSA) is 70.0 Å². The molecule has 0 spiro atoms. The summed E-state index contributed by atoms with van der Waals surface area (Å²) >= 11 is 13.2. The highest BCUT2D eigenvalue weighted by Gasteiger charge is 2.32. The van der Waals surface area contributed by atoms with E-state index in [2.05, 4.69) is 5.32 Å². The summed E-state index contributed by atoms with van der Waals surface area (Å²) in [7, 11) is 0. The molecule has 1 saturated heterocycles. The van der Waals surface area contributed by atoms with Gasteiger partial charge in [0.25, 0.3) is 0 Å². The normalized spacial score (nSPS) is 19.9. The first-order chi connectivity index (χ1) is 9.92. The van der Waals surface area contributed by atoms with Gasteiger partial charge in [0.05, 0.1) is 10.3 Å². The number of rotatable bonds is 3. The molecule has 7 heteroatoms. The fraction of sp³-hybridized carbons (Fsp3) is 0.214. The number of hydrogen-bond donors (Lipinski definition) is 1. The fourth-order valence-corrected chi connectivity index (χ4v) is 3.43. The molecule has 108 valence electrons. The molecule has 0 saturated carbocycles. The van der Waals surface area contributed by atoms with Crippen molar-refractivity contribution < 1.29 is 9.59 Å². The number of allylic oxidation sites excluding steroid dienone is 1. The molecule has 0 aliphatic carbocycles. The van der Waals surface area contributed by atoms with Gasteiger partial charge in [-0.15, -0.1) is 0 Å². The number of ketones is 1. The van der Waals surface area contributed by atoms with Crippen molar-refractivity contribution in [3.05, 3.63) is 44.4 Å². The minimum absolute atomic E-state index is 0.0342. The van der Waals surface area contributed by atoms with Gasteiger partial charge in [-0.25, -0.2) is 0 Å². The van der Waals surface area contributed by atoms with Crippen molar-refractivity contribution in [2.24, 2.45) is 0 Å². The van der Waals surface area contributed by atoms with Gasteiger partial charge >= 0.3 is 0 Å². The number of nitrogens with one attached hydrogen (secondary N) is 1. The van der Waals surface area contributed by atoms with Crippen molar-refractivity contribution in [3.8, 4) is 6.07 Å². The maximum Gasteiger partial charge on any atom is 0.238 e. The van der Waals surface area contributed by atoms with Crippen molar-refractivity contribution in [1.82, 2.24) is 5.32 Å².